The molecule has 21 heavy (non-hydrogen) atoms. The summed E-state index contributed by atoms with van der Waals surface area (Å²) < 4.78 is 6.83. The Labute approximate surface area is 125 Å². The van der Waals surface area contributed by atoms with Gasteiger partial charge in [0.2, 0.25) is 5.82 Å². The molecule has 1 aromatic carbocycles. The lowest BCUT2D eigenvalue weighted by molar-refractivity contribution is 0.431. The first-order valence-electron chi connectivity index (χ1n) is 6.48. The minimum Gasteiger partial charge on any atom is -0.382 e. The Balaban J connectivity index is 1.93. The number of halogens is 1. The highest BCUT2D eigenvalue weighted by Crippen LogP contribution is 2.25. The number of hydrogen-bond donors (Lipinski definition) is 1. The lowest BCUT2D eigenvalue weighted by atomic mass is 10.2. The Hall–Kier alpha value is -2.41. The molecule has 0 aliphatic rings. The van der Waals surface area contributed by atoms with Crippen LogP contribution in [-0.4, -0.2) is 25.1 Å². The van der Waals surface area contributed by atoms with E-state index >= 15 is 0 Å². The number of anilines is 1. The Morgan fingerprint density at radius 3 is 2.76 bits per heavy atom. The van der Waals surface area contributed by atoms with Crippen LogP contribution in [0.25, 0.3) is 23.0 Å². The SMILES string of the molecule is CCCn1nnc(-c2nc(-c3ccc(Cl)cc3)no2)c1N. The molecule has 8 heteroatoms. The first-order valence-corrected chi connectivity index (χ1v) is 6.86. The summed E-state index contributed by atoms with van der Waals surface area (Å²) in [6.45, 7) is 2.73. The summed E-state index contributed by atoms with van der Waals surface area (Å²) in [5.41, 5.74) is 7.18. The molecule has 3 rings (SSSR count). The summed E-state index contributed by atoms with van der Waals surface area (Å²) in [7, 11) is 0. The molecule has 0 fully saturated rings. The molecule has 0 saturated heterocycles. The molecule has 2 heterocycles. The predicted octanol–water partition coefficient (Wildman–Crippen LogP) is 2.64. The van der Waals surface area contributed by atoms with E-state index in [1.165, 1.54) is 0 Å². The number of hydrogen-bond acceptors (Lipinski definition) is 6. The van der Waals surface area contributed by atoms with Crippen LogP contribution in [0.4, 0.5) is 5.82 Å². The molecule has 0 aliphatic carbocycles. The van der Waals surface area contributed by atoms with Crippen molar-refractivity contribution >= 4 is 17.4 Å². The molecule has 0 atom stereocenters. The number of aromatic nitrogens is 5. The molecule has 0 bridgehead atoms. The fourth-order valence-corrected chi connectivity index (χ4v) is 2.01. The van der Waals surface area contributed by atoms with Crippen molar-refractivity contribution in [3.05, 3.63) is 29.3 Å². The molecular formula is C13H13ClN6O. The zero-order valence-corrected chi connectivity index (χ0v) is 12.1. The number of benzene rings is 1. The standard InChI is InChI=1S/C13H13ClN6O/c1-2-7-20-11(15)10(17-19-20)13-16-12(18-21-13)8-3-5-9(14)6-4-8/h3-6H,2,7,15H2,1H3. The third-order valence-electron chi connectivity index (χ3n) is 2.94. The van der Waals surface area contributed by atoms with Gasteiger partial charge in [-0.15, -0.1) is 5.10 Å². The van der Waals surface area contributed by atoms with Crippen LogP contribution in [0.1, 0.15) is 13.3 Å². The summed E-state index contributed by atoms with van der Waals surface area (Å²) in [5, 5.41) is 12.5. The maximum absolute atomic E-state index is 5.98. The van der Waals surface area contributed by atoms with Gasteiger partial charge in [-0.25, -0.2) is 4.68 Å². The van der Waals surface area contributed by atoms with Crippen LogP contribution in [0.5, 0.6) is 0 Å². The molecule has 0 spiro atoms. The number of nitrogens with two attached hydrogens (primary N) is 1. The molecule has 2 N–H and O–H groups in total. The average Bonchev–Trinajstić information content (AvgIpc) is 3.08. The highest BCUT2D eigenvalue weighted by Gasteiger charge is 2.18. The lowest BCUT2D eigenvalue weighted by Crippen LogP contribution is -2.04. The second kappa shape index (κ2) is 5.53. The summed E-state index contributed by atoms with van der Waals surface area (Å²) in [6.07, 6.45) is 0.910. The number of nitrogens with zero attached hydrogens (tertiary/aromatic N) is 5. The van der Waals surface area contributed by atoms with E-state index in [1.54, 1.807) is 16.8 Å². The highest BCUT2D eigenvalue weighted by molar-refractivity contribution is 6.30. The summed E-state index contributed by atoms with van der Waals surface area (Å²) in [5.74, 6) is 1.12. The number of rotatable bonds is 4. The Bertz CT molecular complexity index is 748. The third-order valence-corrected chi connectivity index (χ3v) is 3.19. The molecule has 0 aliphatic heterocycles. The molecule has 0 radical (unpaired) electrons. The Morgan fingerprint density at radius 2 is 2.05 bits per heavy atom. The van der Waals surface area contributed by atoms with Crippen LogP contribution in [0.3, 0.4) is 0 Å². The van der Waals surface area contributed by atoms with Crippen LogP contribution in [0, 0.1) is 0 Å². The van der Waals surface area contributed by atoms with Gasteiger partial charge >= 0.3 is 0 Å². The van der Waals surface area contributed by atoms with Gasteiger partial charge in [0.25, 0.3) is 5.89 Å². The Kier molecular flexibility index (Phi) is 3.57. The summed E-state index contributed by atoms with van der Waals surface area (Å²) >= 11 is 5.85. The van der Waals surface area contributed by atoms with Crippen molar-refractivity contribution in [1.29, 1.82) is 0 Å². The normalized spacial score (nSPS) is 11.0. The van der Waals surface area contributed by atoms with Crippen molar-refractivity contribution in [2.75, 3.05) is 5.73 Å². The van der Waals surface area contributed by atoms with E-state index in [0.29, 0.717) is 28.9 Å². The molecule has 0 amide bonds. The maximum atomic E-state index is 5.98. The van der Waals surface area contributed by atoms with Gasteiger partial charge in [-0.1, -0.05) is 28.9 Å². The second-order valence-electron chi connectivity index (χ2n) is 4.48. The quantitative estimate of drug-likeness (QED) is 0.796. The van der Waals surface area contributed by atoms with E-state index in [-0.39, 0.29) is 5.89 Å². The van der Waals surface area contributed by atoms with Crippen molar-refractivity contribution in [3.63, 3.8) is 0 Å². The van der Waals surface area contributed by atoms with Gasteiger partial charge in [-0.3, -0.25) is 0 Å². The van der Waals surface area contributed by atoms with Gasteiger partial charge in [0.15, 0.2) is 11.5 Å². The van der Waals surface area contributed by atoms with Crippen molar-refractivity contribution in [3.8, 4) is 23.0 Å². The van der Waals surface area contributed by atoms with Gasteiger partial charge in [0.05, 0.1) is 0 Å². The van der Waals surface area contributed by atoms with E-state index < -0.39 is 0 Å². The molecule has 3 aromatic rings. The number of nitrogen functional groups attached to an aromatic ring is 1. The van der Waals surface area contributed by atoms with Gasteiger partial charge in [0.1, 0.15) is 0 Å². The molecule has 7 nitrogen and oxygen atoms in total. The van der Waals surface area contributed by atoms with E-state index in [2.05, 4.69) is 20.5 Å². The molecular weight excluding hydrogens is 292 g/mol. The smallest absolute Gasteiger partial charge is 0.282 e. The molecule has 108 valence electrons. The van der Waals surface area contributed by atoms with E-state index in [4.69, 9.17) is 21.9 Å². The van der Waals surface area contributed by atoms with E-state index in [1.807, 2.05) is 19.1 Å². The topological polar surface area (TPSA) is 95.6 Å². The van der Waals surface area contributed by atoms with Gasteiger partial charge in [-0.2, -0.15) is 4.98 Å². The number of aryl methyl sites for hydroxylation is 1. The minimum absolute atomic E-state index is 0.250. The Morgan fingerprint density at radius 1 is 1.29 bits per heavy atom. The third kappa shape index (κ3) is 2.59. The lowest BCUT2D eigenvalue weighted by Gasteiger charge is -1.98. The van der Waals surface area contributed by atoms with Crippen LogP contribution >= 0.6 is 11.6 Å². The van der Waals surface area contributed by atoms with Crippen molar-refractivity contribution in [2.45, 2.75) is 19.9 Å². The zero-order valence-electron chi connectivity index (χ0n) is 11.3. The molecule has 0 saturated carbocycles. The van der Waals surface area contributed by atoms with Crippen LogP contribution in [0.2, 0.25) is 5.02 Å². The van der Waals surface area contributed by atoms with Crippen molar-refractivity contribution in [1.82, 2.24) is 25.1 Å². The van der Waals surface area contributed by atoms with Gasteiger partial charge in [0, 0.05) is 17.1 Å². The summed E-state index contributed by atoms with van der Waals surface area (Å²) in [6, 6.07) is 7.15. The highest BCUT2D eigenvalue weighted by atomic mass is 35.5. The molecule has 2 aromatic heterocycles. The van der Waals surface area contributed by atoms with E-state index in [0.717, 1.165) is 12.0 Å². The summed E-state index contributed by atoms with van der Waals surface area (Å²) in [4.78, 5) is 4.30. The van der Waals surface area contributed by atoms with Gasteiger partial charge in [-0.05, 0) is 30.7 Å². The first kappa shape index (κ1) is 13.6. The fraction of sp³-hybridized carbons (Fsp3) is 0.231. The van der Waals surface area contributed by atoms with E-state index in [9.17, 15) is 0 Å². The van der Waals surface area contributed by atoms with Crippen LogP contribution in [0.15, 0.2) is 28.8 Å². The average molecular weight is 305 g/mol. The van der Waals surface area contributed by atoms with Gasteiger partial charge < -0.3 is 10.3 Å². The largest absolute Gasteiger partial charge is 0.382 e. The molecule has 0 unspecified atom stereocenters. The fourth-order valence-electron chi connectivity index (χ4n) is 1.89. The van der Waals surface area contributed by atoms with Crippen LogP contribution < -0.4 is 5.73 Å². The first-order chi connectivity index (χ1) is 10.2. The zero-order chi connectivity index (χ0) is 14.8. The predicted molar refractivity (Wildman–Crippen MR) is 78.5 cm³/mol. The van der Waals surface area contributed by atoms with Crippen molar-refractivity contribution in [2.24, 2.45) is 0 Å². The minimum atomic E-state index is 0.250. The monoisotopic (exact) mass is 304 g/mol. The van der Waals surface area contributed by atoms with Crippen molar-refractivity contribution < 1.29 is 4.52 Å². The van der Waals surface area contributed by atoms with Crippen LogP contribution in [-0.2, 0) is 6.54 Å². The second-order valence-corrected chi connectivity index (χ2v) is 4.91. The maximum Gasteiger partial charge on any atom is 0.282 e.